The largest absolute Gasteiger partial charge is 0.508 e. The first kappa shape index (κ1) is 27.6. The molecule has 0 unspecified atom stereocenters. The second-order valence-corrected chi connectivity index (χ2v) is 10.6. The third-order valence-electron chi connectivity index (χ3n) is 7.22. The average molecular weight is 548 g/mol. The van der Waals surface area contributed by atoms with E-state index < -0.39 is 0 Å². The molecule has 3 aromatic rings. The van der Waals surface area contributed by atoms with E-state index in [0.29, 0.717) is 32.7 Å². The lowest BCUT2D eigenvalue weighted by molar-refractivity contribution is 0.0726. The van der Waals surface area contributed by atoms with E-state index in [1.165, 1.54) is 12.1 Å². The van der Waals surface area contributed by atoms with Crippen LogP contribution in [0.2, 0.25) is 0 Å². The molecule has 5 rings (SSSR count). The van der Waals surface area contributed by atoms with Crippen molar-refractivity contribution >= 4 is 11.6 Å². The average Bonchev–Trinajstić information content (AvgIpc) is 3.45. The summed E-state index contributed by atoms with van der Waals surface area (Å²) in [6.07, 6.45) is 1.55. The number of hydrogen-bond donors (Lipinski definition) is 3. The maximum atomic E-state index is 13.8. The lowest BCUT2D eigenvalue weighted by Gasteiger charge is -2.32. The van der Waals surface area contributed by atoms with Gasteiger partial charge in [0.2, 0.25) is 0 Å². The molecule has 2 aliphatic heterocycles. The van der Waals surface area contributed by atoms with Crippen molar-refractivity contribution in [3.63, 3.8) is 0 Å². The Balaban J connectivity index is 1.39. The molecule has 1 saturated heterocycles. The molecule has 0 spiro atoms. The smallest absolute Gasteiger partial charge is 0.261 e. The van der Waals surface area contributed by atoms with E-state index >= 15 is 0 Å². The summed E-state index contributed by atoms with van der Waals surface area (Å²) in [5.74, 6) is 0.101. The molecular formula is C31H37N3O6. The van der Waals surface area contributed by atoms with Gasteiger partial charge >= 0.3 is 0 Å². The Bertz CT molecular complexity index is 1320. The number of nitrogens with one attached hydrogen (secondary N) is 1. The van der Waals surface area contributed by atoms with E-state index in [-0.39, 0.29) is 41.4 Å². The van der Waals surface area contributed by atoms with Crippen LogP contribution in [-0.2, 0) is 24.3 Å². The monoisotopic (exact) mass is 547 g/mol. The minimum absolute atomic E-state index is 0.0412. The van der Waals surface area contributed by atoms with Crippen LogP contribution in [0.3, 0.4) is 0 Å². The third-order valence-corrected chi connectivity index (χ3v) is 7.22. The Hall–Kier alpha value is -3.95. The summed E-state index contributed by atoms with van der Waals surface area (Å²) < 4.78 is 17.6. The van der Waals surface area contributed by atoms with Gasteiger partial charge in [0.05, 0.1) is 12.6 Å². The Morgan fingerprint density at radius 1 is 1.12 bits per heavy atom. The van der Waals surface area contributed by atoms with Gasteiger partial charge in [-0.25, -0.2) is 0 Å². The summed E-state index contributed by atoms with van der Waals surface area (Å²) in [6.45, 7) is 3.76. The highest BCUT2D eigenvalue weighted by molar-refractivity contribution is 6.00. The number of carbonyl (C=O) groups is 1. The zero-order chi connectivity index (χ0) is 28.1. The van der Waals surface area contributed by atoms with Crippen LogP contribution in [0.5, 0.6) is 23.0 Å². The second kappa shape index (κ2) is 12.5. The Kier molecular flexibility index (Phi) is 8.62. The number of anilines is 1. The van der Waals surface area contributed by atoms with Crippen molar-refractivity contribution in [3.8, 4) is 23.0 Å². The molecule has 212 valence electrons. The minimum Gasteiger partial charge on any atom is -0.508 e. The number of amides is 1. The van der Waals surface area contributed by atoms with Gasteiger partial charge in [0.15, 0.2) is 0 Å². The summed E-state index contributed by atoms with van der Waals surface area (Å²) >= 11 is 0. The first-order valence-electron chi connectivity index (χ1n) is 13.7. The fourth-order valence-electron chi connectivity index (χ4n) is 5.05. The van der Waals surface area contributed by atoms with Crippen molar-refractivity contribution in [2.75, 3.05) is 52.3 Å². The predicted octanol–water partition coefficient (Wildman–Crippen LogP) is 4.02. The van der Waals surface area contributed by atoms with Crippen molar-refractivity contribution in [1.29, 1.82) is 0 Å². The highest BCUT2D eigenvalue weighted by atomic mass is 16.5. The molecule has 0 saturated carbocycles. The fourth-order valence-corrected chi connectivity index (χ4v) is 5.05. The molecule has 1 fully saturated rings. The predicted molar refractivity (Wildman–Crippen MR) is 152 cm³/mol. The van der Waals surface area contributed by atoms with Crippen molar-refractivity contribution in [1.82, 2.24) is 9.80 Å². The van der Waals surface area contributed by atoms with Crippen molar-refractivity contribution in [2.45, 2.75) is 32.0 Å². The zero-order valence-electron chi connectivity index (χ0n) is 23.1. The van der Waals surface area contributed by atoms with Crippen LogP contribution in [-0.4, -0.2) is 79.0 Å². The highest BCUT2D eigenvalue weighted by Crippen LogP contribution is 2.37. The Labute approximate surface area is 234 Å². The zero-order valence-corrected chi connectivity index (χ0v) is 23.1. The normalized spacial score (nSPS) is 16.6. The molecule has 3 N–H and O–H groups in total. The van der Waals surface area contributed by atoms with Gasteiger partial charge in [-0.3, -0.25) is 4.79 Å². The van der Waals surface area contributed by atoms with E-state index in [1.807, 2.05) is 50.5 Å². The van der Waals surface area contributed by atoms with Gasteiger partial charge < -0.3 is 39.5 Å². The van der Waals surface area contributed by atoms with E-state index in [9.17, 15) is 15.0 Å². The lowest BCUT2D eigenvalue weighted by atomic mass is 9.96. The number of nitrogens with zero attached hydrogens (tertiary/aromatic N) is 2. The lowest BCUT2D eigenvalue weighted by Crippen LogP contribution is -2.37. The number of likely N-dealkylation sites (N-methyl/N-ethyl adjacent to an activating group) is 1. The first-order chi connectivity index (χ1) is 19.4. The van der Waals surface area contributed by atoms with Crippen LogP contribution in [0.15, 0.2) is 54.6 Å². The van der Waals surface area contributed by atoms with Crippen LogP contribution >= 0.6 is 0 Å². The van der Waals surface area contributed by atoms with Crippen LogP contribution in [0.1, 0.15) is 33.5 Å². The topological polar surface area (TPSA) is 104 Å². The molecular weight excluding hydrogens is 510 g/mol. The number of fused-ring (bicyclic) bond motifs is 1. The fraction of sp³-hybridized carbons (Fsp3) is 0.387. The molecule has 3 aromatic carbocycles. The maximum Gasteiger partial charge on any atom is 0.261 e. The van der Waals surface area contributed by atoms with Gasteiger partial charge in [-0.05, 0) is 49.7 Å². The summed E-state index contributed by atoms with van der Waals surface area (Å²) in [4.78, 5) is 17.6. The number of aromatic hydroxyl groups is 2. The molecule has 1 atom stereocenters. The highest BCUT2D eigenvalue weighted by Gasteiger charge is 2.30. The molecule has 0 radical (unpaired) electrons. The van der Waals surface area contributed by atoms with Crippen molar-refractivity contribution in [3.05, 3.63) is 76.9 Å². The summed E-state index contributed by atoms with van der Waals surface area (Å²) in [5, 5.41) is 24.5. The summed E-state index contributed by atoms with van der Waals surface area (Å²) in [6, 6.07) is 16.3. The van der Waals surface area contributed by atoms with Crippen molar-refractivity contribution < 1.29 is 29.2 Å². The molecule has 1 amide bonds. The molecule has 0 bridgehead atoms. The van der Waals surface area contributed by atoms with Gasteiger partial charge in [0.1, 0.15) is 41.8 Å². The number of phenolic OH excluding ortho intramolecular Hbond substituents is 2. The van der Waals surface area contributed by atoms with Crippen LogP contribution in [0.25, 0.3) is 0 Å². The molecule has 9 heteroatoms. The number of hydrogen-bond acceptors (Lipinski definition) is 8. The number of rotatable bonds is 10. The quantitative estimate of drug-likeness (QED) is 0.350. The maximum absolute atomic E-state index is 13.8. The van der Waals surface area contributed by atoms with Crippen LogP contribution in [0.4, 0.5) is 5.69 Å². The number of carbonyl (C=O) groups excluding carboxylic acids is 1. The number of ether oxygens (including phenoxy) is 3. The van der Waals surface area contributed by atoms with Gasteiger partial charge in [-0.1, -0.05) is 30.3 Å². The molecule has 9 nitrogen and oxygen atoms in total. The second-order valence-electron chi connectivity index (χ2n) is 10.6. The number of phenols is 2. The van der Waals surface area contributed by atoms with Gasteiger partial charge in [-0.2, -0.15) is 0 Å². The van der Waals surface area contributed by atoms with Crippen molar-refractivity contribution in [2.24, 2.45) is 0 Å². The van der Waals surface area contributed by atoms with Gasteiger partial charge in [0.25, 0.3) is 5.91 Å². The van der Waals surface area contributed by atoms with E-state index in [4.69, 9.17) is 14.2 Å². The van der Waals surface area contributed by atoms with E-state index in [1.54, 1.807) is 4.90 Å². The molecule has 2 heterocycles. The SMILES string of the molecule is CN(C)CCOc1cc2c(c(N[C@H]3CCOC3)c1)CN(C(=O)c1c(O)cc(O)cc1OCc1ccccc1)CC2. The van der Waals surface area contributed by atoms with E-state index in [0.717, 1.165) is 47.7 Å². The first-order valence-corrected chi connectivity index (χ1v) is 13.7. The third kappa shape index (κ3) is 6.60. The van der Waals surface area contributed by atoms with Gasteiger partial charge in [-0.15, -0.1) is 0 Å². The number of benzene rings is 3. The van der Waals surface area contributed by atoms with Crippen LogP contribution in [0, 0.1) is 0 Å². The van der Waals surface area contributed by atoms with E-state index in [2.05, 4.69) is 16.3 Å². The molecule has 2 aliphatic rings. The summed E-state index contributed by atoms with van der Waals surface area (Å²) in [5.41, 5.74) is 4.03. The molecule has 40 heavy (non-hydrogen) atoms. The molecule has 0 aliphatic carbocycles. The Morgan fingerprint density at radius 3 is 2.70 bits per heavy atom. The minimum atomic E-state index is -0.354. The van der Waals surface area contributed by atoms with Gasteiger partial charge in [0, 0.05) is 50.1 Å². The Morgan fingerprint density at radius 2 is 1.95 bits per heavy atom. The van der Waals surface area contributed by atoms with Crippen LogP contribution < -0.4 is 14.8 Å². The summed E-state index contributed by atoms with van der Waals surface area (Å²) in [7, 11) is 4.03. The standard InChI is InChI=1S/C31H37N3O6/c1-33(2)11-13-39-25-14-22-8-10-34(18-26(22)27(17-25)32-23-9-12-38-20-23)31(37)30-28(36)15-24(35)16-29(30)40-19-21-6-4-3-5-7-21/h3-7,14-17,23,32,35-36H,8-13,18-20H2,1-2H3/t23-/m0/s1. The molecule has 0 aromatic heterocycles.